The molecule has 0 radical (unpaired) electrons. The number of ketones is 1. The van der Waals surface area contributed by atoms with E-state index in [-0.39, 0.29) is 38.5 Å². The predicted octanol–water partition coefficient (Wildman–Crippen LogP) is 5.30. The summed E-state index contributed by atoms with van der Waals surface area (Å²) in [5, 5.41) is 45.9. The summed E-state index contributed by atoms with van der Waals surface area (Å²) < 4.78 is 47.7. The van der Waals surface area contributed by atoms with E-state index in [1.165, 1.54) is 32.2 Å². The average molecular weight is 632 g/mol. The van der Waals surface area contributed by atoms with Crippen LogP contribution in [0.2, 0.25) is 0 Å². The number of aryl methyl sites for hydroxylation is 1. The van der Waals surface area contributed by atoms with Crippen molar-refractivity contribution in [3.05, 3.63) is 35.9 Å². The summed E-state index contributed by atoms with van der Waals surface area (Å²) in [6.45, 7) is 2.86. The number of ether oxygens (including phenoxy) is 1. The van der Waals surface area contributed by atoms with Gasteiger partial charge in [0.05, 0.1) is 53.1 Å². The van der Waals surface area contributed by atoms with Crippen LogP contribution in [0, 0.1) is 6.92 Å². The van der Waals surface area contributed by atoms with Gasteiger partial charge in [0, 0.05) is 10.3 Å². The third-order valence-electron chi connectivity index (χ3n) is 5.15. The molecule has 0 spiro atoms. The number of nitrogens with one attached hydrogen (secondary N) is 1. The third-order valence-corrected chi connectivity index (χ3v) is 7.35. The topological polar surface area (TPSA) is 232 Å². The molecule has 3 aromatic rings. The van der Waals surface area contributed by atoms with E-state index in [1.807, 2.05) is 0 Å². The van der Waals surface area contributed by atoms with Crippen LogP contribution in [-0.2, 0) is 38.5 Å². The number of nitrogens with zero attached hydrogens (tertiary/aromatic N) is 2. The van der Waals surface area contributed by atoms with Crippen LogP contribution < -0.4 is 10.1 Å². The number of aromatic hydroxyl groups is 1. The van der Waals surface area contributed by atoms with Crippen molar-refractivity contribution in [2.45, 2.75) is 35.0 Å². The van der Waals surface area contributed by atoms with Gasteiger partial charge in [-0.2, -0.15) is 8.42 Å². The van der Waals surface area contributed by atoms with E-state index in [0.29, 0.717) is 34.5 Å². The van der Waals surface area contributed by atoms with E-state index in [4.69, 9.17) is 15.3 Å². The number of hydrogen-bond donors (Lipinski definition) is 5. The lowest BCUT2D eigenvalue weighted by molar-refractivity contribution is -0.432. The van der Waals surface area contributed by atoms with Crippen LogP contribution in [-0.4, -0.2) is 47.4 Å². The van der Waals surface area contributed by atoms with Crippen molar-refractivity contribution >= 4 is 73.7 Å². The normalized spacial score (nSPS) is 11.8. The Balaban J connectivity index is 2.25. The highest BCUT2D eigenvalue weighted by molar-refractivity contribution is 7.95. The smallest absolute Gasteiger partial charge is 0.294 e. The molecule has 1 amide bonds. The molecule has 0 heterocycles. The molecule has 0 aliphatic carbocycles. The van der Waals surface area contributed by atoms with Gasteiger partial charge in [-0.1, -0.05) is 10.1 Å². The average Bonchev–Trinajstić information content (AvgIpc) is 2.89. The number of carbonyl (C=O) groups is 2. The molecule has 0 saturated carbocycles. The first-order valence-electron chi connectivity index (χ1n) is 10.9. The van der Waals surface area contributed by atoms with Gasteiger partial charge in [0.1, 0.15) is 22.9 Å². The highest BCUT2D eigenvalue weighted by Gasteiger charge is 2.23. The summed E-state index contributed by atoms with van der Waals surface area (Å²) >= 11 is 1.05. The zero-order chi connectivity index (χ0) is 30.3. The highest BCUT2D eigenvalue weighted by atomic mass is 32.2. The van der Waals surface area contributed by atoms with Crippen LogP contribution in [0.4, 0.5) is 17.1 Å². The largest absolute Gasteiger partial charge is 0.505 e. The van der Waals surface area contributed by atoms with E-state index in [0.717, 1.165) is 12.1 Å². The highest BCUT2D eigenvalue weighted by Crippen LogP contribution is 2.47. The lowest BCUT2D eigenvalue weighted by atomic mass is 10.1. The summed E-state index contributed by atoms with van der Waals surface area (Å²) in [5.41, 5.74) is 0.221. The SMILES string of the molecule is COc1cc(SOOO)c(C)cc1N=Nc1c(SOOO)cc2cc(S(=O)(=O)O)cc(NC(=O)CC(C)=O)c2c1O. The number of amides is 1. The molecule has 5 N–H and O–H groups in total. The molecule has 220 valence electrons. The molecule has 0 saturated heterocycles. The molecular weight excluding hydrogens is 610 g/mol. The lowest BCUT2D eigenvalue weighted by Crippen LogP contribution is -2.15. The maximum absolute atomic E-state index is 12.4. The predicted molar refractivity (Wildman–Crippen MR) is 143 cm³/mol. The maximum Gasteiger partial charge on any atom is 0.294 e. The molecule has 0 bridgehead atoms. The van der Waals surface area contributed by atoms with Crippen LogP contribution in [0.5, 0.6) is 11.5 Å². The molecule has 0 aliphatic heterocycles. The van der Waals surface area contributed by atoms with Crippen LogP contribution in [0.15, 0.2) is 55.2 Å². The van der Waals surface area contributed by atoms with Crippen molar-refractivity contribution < 1.29 is 61.7 Å². The minimum Gasteiger partial charge on any atom is -0.505 e. The Morgan fingerprint density at radius 3 is 2.24 bits per heavy atom. The van der Waals surface area contributed by atoms with Crippen LogP contribution in [0.1, 0.15) is 18.9 Å². The molecule has 0 atom stereocenters. The number of rotatable bonds is 13. The van der Waals surface area contributed by atoms with Crippen LogP contribution in [0.25, 0.3) is 10.8 Å². The van der Waals surface area contributed by atoms with Gasteiger partial charge in [0.15, 0.2) is 5.75 Å². The van der Waals surface area contributed by atoms with Gasteiger partial charge in [-0.3, -0.25) is 14.1 Å². The fraction of sp³-hybridized carbons (Fsp3) is 0.182. The number of phenols is 1. The maximum atomic E-state index is 12.4. The van der Waals surface area contributed by atoms with Crippen molar-refractivity contribution in [3.63, 3.8) is 0 Å². The Morgan fingerprint density at radius 2 is 1.66 bits per heavy atom. The molecular formula is C22H21N3O13S3. The summed E-state index contributed by atoms with van der Waals surface area (Å²) in [6.07, 6.45) is -0.552. The number of carbonyl (C=O) groups excluding carboxylic acids is 2. The van der Waals surface area contributed by atoms with E-state index < -0.39 is 38.9 Å². The third kappa shape index (κ3) is 8.10. The number of azo groups is 1. The number of Topliss-reactive ketones (excluding diaryl/α,β-unsaturated/α-hetero) is 1. The number of methoxy groups -OCH3 is 1. The fourth-order valence-electron chi connectivity index (χ4n) is 3.48. The van der Waals surface area contributed by atoms with E-state index in [1.54, 1.807) is 6.92 Å². The molecule has 0 unspecified atom stereocenters. The van der Waals surface area contributed by atoms with E-state index in [9.17, 15) is 27.7 Å². The number of benzene rings is 3. The molecule has 19 heteroatoms. The first kappa shape index (κ1) is 32.1. The molecule has 0 fully saturated rings. The second-order valence-corrected chi connectivity index (χ2v) is 10.9. The second kappa shape index (κ2) is 14.0. The summed E-state index contributed by atoms with van der Waals surface area (Å²) in [5.74, 6) is -1.74. The molecule has 41 heavy (non-hydrogen) atoms. The minimum absolute atomic E-state index is 0.0281. The van der Waals surface area contributed by atoms with Crippen molar-refractivity contribution in [2.24, 2.45) is 10.2 Å². The molecule has 3 aromatic carbocycles. The fourth-order valence-corrected chi connectivity index (χ4v) is 4.97. The monoisotopic (exact) mass is 631 g/mol. The van der Waals surface area contributed by atoms with Gasteiger partial charge >= 0.3 is 0 Å². The van der Waals surface area contributed by atoms with Crippen molar-refractivity contribution in [2.75, 3.05) is 12.4 Å². The first-order valence-corrected chi connectivity index (χ1v) is 13.8. The minimum atomic E-state index is -4.79. The van der Waals surface area contributed by atoms with Crippen molar-refractivity contribution in [1.29, 1.82) is 0 Å². The van der Waals surface area contributed by atoms with Gasteiger partial charge in [-0.15, -0.1) is 18.9 Å². The Hall–Kier alpha value is -3.37. The van der Waals surface area contributed by atoms with Crippen LogP contribution >= 0.6 is 24.1 Å². The summed E-state index contributed by atoms with van der Waals surface area (Å²) in [7, 11) is -3.43. The quantitative estimate of drug-likeness (QED) is 0.0402. The number of hydrogen-bond acceptors (Lipinski definition) is 16. The van der Waals surface area contributed by atoms with Gasteiger partial charge in [-0.05, 0) is 55.1 Å². The number of fused-ring (bicyclic) bond motifs is 1. The number of anilines is 1. The van der Waals surface area contributed by atoms with E-state index >= 15 is 0 Å². The summed E-state index contributed by atoms with van der Waals surface area (Å²) in [4.78, 5) is 23.6. The second-order valence-electron chi connectivity index (χ2n) is 7.98. The van der Waals surface area contributed by atoms with Gasteiger partial charge in [-0.25, -0.2) is 10.5 Å². The van der Waals surface area contributed by atoms with Gasteiger partial charge < -0.3 is 15.2 Å². The molecule has 16 nitrogen and oxygen atoms in total. The Labute approximate surface area is 240 Å². The van der Waals surface area contributed by atoms with Gasteiger partial charge in [0.25, 0.3) is 10.1 Å². The van der Waals surface area contributed by atoms with Crippen molar-refractivity contribution in [3.8, 4) is 11.5 Å². The first-order chi connectivity index (χ1) is 19.4. The number of phenolic OH excluding ortho intramolecular Hbond substituents is 1. The standard InChI is InChI=1S/C22H21N3O13S3/c1-10-4-14(16(34-3)9-17(10)39-37-35-29)24-25-21-18(40-38-36-30)7-12-6-13(41(31,32)33)8-15(20(12)22(21)28)23-19(27)5-11(2)26/h4,6-9,28-30H,5H2,1-3H3,(H,23,27)(H,31,32,33). The molecule has 0 aromatic heterocycles. The Bertz CT molecular complexity index is 1610. The molecule has 3 rings (SSSR count). The zero-order valence-corrected chi connectivity index (χ0v) is 23.6. The van der Waals surface area contributed by atoms with Crippen LogP contribution in [0.3, 0.4) is 0 Å². The van der Waals surface area contributed by atoms with Gasteiger partial charge in [0.2, 0.25) is 5.91 Å². The Morgan fingerprint density at radius 1 is 1.00 bits per heavy atom. The lowest BCUT2D eigenvalue weighted by Gasteiger charge is -2.15. The van der Waals surface area contributed by atoms with E-state index in [2.05, 4.69) is 34.3 Å². The van der Waals surface area contributed by atoms with Crippen molar-refractivity contribution in [1.82, 2.24) is 0 Å². The Kier molecular flexibility index (Phi) is 11.0. The zero-order valence-electron chi connectivity index (χ0n) is 21.2. The molecule has 0 aliphatic rings. The summed E-state index contributed by atoms with van der Waals surface area (Å²) in [6, 6.07) is 6.17.